The van der Waals surface area contributed by atoms with Gasteiger partial charge in [0.2, 0.25) is 0 Å². The number of thiol groups is 1. The van der Waals surface area contributed by atoms with Crippen LogP contribution < -0.4 is 0 Å². The SMILES string of the molecule is C=C1CC/C(C)=C(C2=CCC(C)C=C2)/C(C)=C/C=C(C)/C(c2ccc(C)cc2)=C2/CCC(=N2)/C(c2ccc(S)cc2)=C2/CC/C(=C/1C1=CCC(SC)C=C1)N2C(C)C. The van der Waals surface area contributed by atoms with Crippen molar-refractivity contribution in [2.75, 3.05) is 6.26 Å². The summed E-state index contributed by atoms with van der Waals surface area (Å²) in [6.45, 7) is 21.0. The second-order valence-electron chi connectivity index (χ2n) is 17.1. The van der Waals surface area contributed by atoms with Crippen molar-refractivity contribution in [1.82, 2.24) is 4.90 Å². The molecule has 0 N–H and O–H groups in total. The minimum absolute atomic E-state index is 0.255. The standard InChI is InChI=1S/C54H62N2S2/c1-34(2)56-49-32-33-50(56)54(44-22-26-45(57)27-23-44)48-31-30-47(55-48)52(42-20-12-36(4)13-21-42)39(7)16-14-37(5)51(41-18-10-35(3)11-19-41)38(6)15-17-40(8)53(49)43-24-28-46(58-9)29-25-43/h10,12-14,16,18-28,34-35,46,57H,8,11,15,17,29-33H2,1-7,9H3/b37-14+,39-16+,51-38-,52-47+,53-49+,54-50-. The zero-order valence-electron chi connectivity index (χ0n) is 36.1. The van der Waals surface area contributed by atoms with Gasteiger partial charge in [-0.2, -0.15) is 11.8 Å². The van der Waals surface area contributed by atoms with E-state index in [-0.39, 0.29) is 6.04 Å². The van der Waals surface area contributed by atoms with E-state index in [1.54, 1.807) is 0 Å². The largest absolute Gasteiger partial charge is 0.345 e. The van der Waals surface area contributed by atoms with Crippen molar-refractivity contribution in [2.45, 2.75) is 116 Å². The second-order valence-corrected chi connectivity index (χ2v) is 18.7. The molecule has 2 aliphatic carbocycles. The molecule has 0 radical (unpaired) electrons. The van der Waals surface area contributed by atoms with Gasteiger partial charge >= 0.3 is 0 Å². The summed E-state index contributed by atoms with van der Waals surface area (Å²) in [5.41, 5.74) is 21.9. The maximum absolute atomic E-state index is 5.69. The molecule has 2 aromatic rings. The lowest BCUT2D eigenvalue weighted by Crippen LogP contribution is -2.28. The van der Waals surface area contributed by atoms with E-state index in [9.17, 15) is 0 Å². The highest BCUT2D eigenvalue weighted by Gasteiger charge is 2.34. The van der Waals surface area contributed by atoms with E-state index in [0.29, 0.717) is 11.2 Å². The van der Waals surface area contributed by atoms with E-state index in [4.69, 9.17) is 24.2 Å². The number of hydrogen-bond acceptors (Lipinski definition) is 4. The molecule has 1 saturated heterocycles. The van der Waals surface area contributed by atoms with Gasteiger partial charge in [0.15, 0.2) is 0 Å². The summed E-state index contributed by atoms with van der Waals surface area (Å²) < 4.78 is 0. The molecular formula is C54H62N2S2. The molecule has 2 nitrogen and oxygen atoms in total. The number of nitrogens with zero attached hydrogens (tertiary/aromatic N) is 2. The fourth-order valence-corrected chi connectivity index (χ4v) is 10.0. The normalized spacial score (nSPS) is 29.1. The van der Waals surface area contributed by atoms with Gasteiger partial charge < -0.3 is 4.90 Å². The third-order valence-electron chi connectivity index (χ3n) is 12.4. The fraction of sp³-hybridized carbons (Fsp3) is 0.352. The molecule has 1 fully saturated rings. The Bertz CT molecular complexity index is 2300. The van der Waals surface area contributed by atoms with Crippen LogP contribution in [0.1, 0.15) is 110 Å². The molecular weight excluding hydrogens is 741 g/mol. The van der Waals surface area contributed by atoms with E-state index >= 15 is 0 Å². The van der Waals surface area contributed by atoms with Crippen LogP contribution in [-0.4, -0.2) is 28.2 Å². The van der Waals surface area contributed by atoms with Crippen LogP contribution >= 0.6 is 24.4 Å². The average molecular weight is 803 g/mol. The fourth-order valence-electron chi connectivity index (χ4n) is 9.36. The van der Waals surface area contributed by atoms with Gasteiger partial charge in [-0.25, -0.2) is 0 Å². The van der Waals surface area contributed by atoms with Crippen molar-refractivity contribution < 1.29 is 0 Å². The summed E-state index contributed by atoms with van der Waals surface area (Å²) in [4.78, 5) is 9.32. The van der Waals surface area contributed by atoms with Crippen molar-refractivity contribution in [1.29, 1.82) is 0 Å². The number of hydrogen-bond donors (Lipinski definition) is 1. The van der Waals surface area contributed by atoms with Crippen LogP contribution in [0.4, 0.5) is 0 Å². The Balaban J connectivity index is 1.51. The summed E-state index contributed by atoms with van der Waals surface area (Å²) in [5.74, 6) is 0.560. The van der Waals surface area contributed by atoms with Crippen molar-refractivity contribution in [3.63, 3.8) is 0 Å². The number of fused-ring (bicyclic) bond motifs is 3. The summed E-state index contributed by atoms with van der Waals surface area (Å²) in [7, 11) is 0. The molecule has 4 heteroatoms. The number of aliphatic imine (C=N–C) groups is 1. The molecule has 2 unspecified atom stereocenters. The number of allylic oxidation sites excluding steroid dienone is 20. The third-order valence-corrected chi connectivity index (χ3v) is 13.7. The van der Waals surface area contributed by atoms with Crippen LogP contribution in [0.15, 0.2) is 175 Å². The van der Waals surface area contributed by atoms with Crippen molar-refractivity contribution in [3.8, 4) is 0 Å². The summed E-state index contributed by atoms with van der Waals surface area (Å²) in [6, 6.07) is 18.0. The van der Waals surface area contributed by atoms with Crippen LogP contribution in [0, 0.1) is 12.8 Å². The quantitative estimate of drug-likeness (QED) is 0.293. The predicted molar refractivity (Wildman–Crippen MR) is 257 cm³/mol. The van der Waals surface area contributed by atoms with E-state index < -0.39 is 0 Å². The Morgan fingerprint density at radius 3 is 1.93 bits per heavy atom. The molecule has 2 atom stereocenters. The molecule has 0 spiro atoms. The molecule has 0 saturated carbocycles. The smallest absolute Gasteiger partial charge is 0.0506 e. The van der Waals surface area contributed by atoms with Crippen LogP contribution in [0.2, 0.25) is 0 Å². The highest BCUT2D eigenvalue weighted by Crippen LogP contribution is 2.46. The Morgan fingerprint density at radius 2 is 1.31 bits per heavy atom. The molecule has 3 aliphatic heterocycles. The first kappa shape index (κ1) is 41.9. The van der Waals surface area contributed by atoms with Crippen molar-refractivity contribution in [2.24, 2.45) is 10.9 Å². The molecule has 58 heavy (non-hydrogen) atoms. The average Bonchev–Trinajstić information content (AvgIpc) is 3.87. The van der Waals surface area contributed by atoms with E-state index in [2.05, 4.69) is 157 Å². The highest BCUT2D eigenvalue weighted by molar-refractivity contribution is 7.99. The van der Waals surface area contributed by atoms with Crippen LogP contribution in [-0.2, 0) is 0 Å². The first-order chi connectivity index (χ1) is 27.9. The van der Waals surface area contributed by atoms with Crippen LogP contribution in [0.3, 0.4) is 0 Å². The Labute approximate surface area is 359 Å². The third kappa shape index (κ3) is 8.99. The van der Waals surface area contributed by atoms with Crippen LogP contribution in [0.25, 0.3) is 11.1 Å². The topological polar surface area (TPSA) is 15.6 Å². The second kappa shape index (κ2) is 18.3. The number of aryl methyl sites for hydroxylation is 1. The zero-order valence-corrected chi connectivity index (χ0v) is 37.8. The van der Waals surface area contributed by atoms with E-state index in [0.717, 1.165) is 56.3 Å². The molecule has 0 aromatic heterocycles. The van der Waals surface area contributed by atoms with Gasteiger partial charge in [0.1, 0.15) is 0 Å². The van der Waals surface area contributed by atoms with Gasteiger partial charge in [-0.1, -0.05) is 110 Å². The van der Waals surface area contributed by atoms with Crippen LogP contribution in [0.5, 0.6) is 0 Å². The molecule has 3 heterocycles. The predicted octanol–water partition coefficient (Wildman–Crippen LogP) is 15.1. The van der Waals surface area contributed by atoms with Crippen molar-refractivity contribution in [3.05, 3.63) is 182 Å². The van der Waals surface area contributed by atoms with E-state index in [1.807, 2.05) is 11.8 Å². The number of benzene rings is 2. The summed E-state index contributed by atoms with van der Waals surface area (Å²) in [6.07, 6.45) is 29.1. The lowest BCUT2D eigenvalue weighted by molar-refractivity contribution is 0.376. The lowest BCUT2D eigenvalue weighted by Gasteiger charge is -2.32. The minimum Gasteiger partial charge on any atom is -0.345 e. The maximum Gasteiger partial charge on any atom is 0.0506 e. The molecule has 0 amide bonds. The lowest BCUT2D eigenvalue weighted by atomic mass is 9.85. The Hall–Kier alpha value is -4.25. The van der Waals surface area contributed by atoms with Crippen molar-refractivity contribution >= 4 is 41.2 Å². The zero-order chi connectivity index (χ0) is 41.1. The monoisotopic (exact) mass is 802 g/mol. The molecule has 2 aromatic carbocycles. The van der Waals surface area contributed by atoms with E-state index in [1.165, 1.54) is 95.2 Å². The van der Waals surface area contributed by atoms with Gasteiger partial charge in [0, 0.05) is 50.0 Å². The van der Waals surface area contributed by atoms with Gasteiger partial charge in [0.25, 0.3) is 0 Å². The highest BCUT2D eigenvalue weighted by atomic mass is 32.2. The number of rotatable bonds is 6. The maximum atomic E-state index is 5.69. The molecule has 4 bridgehead atoms. The Morgan fingerprint density at radius 1 is 0.707 bits per heavy atom. The first-order valence-electron chi connectivity index (χ1n) is 21.4. The summed E-state index contributed by atoms with van der Waals surface area (Å²) in [5, 5.41) is 0.510. The van der Waals surface area contributed by atoms with Gasteiger partial charge in [-0.3, -0.25) is 4.99 Å². The Kier molecular flexibility index (Phi) is 13.3. The van der Waals surface area contributed by atoms with Gasteiger partial charge in [-0.05, 0) is 162 Å². The molecule has 300 valence electrons. The first-order valence-corrected chi connectivity index (χ1v) is 23.1. The number of thioether (sulfide) groups is 1. The molecule has 7 rings (SSSR count). The molecule has 5 aliphatic rings. The minimum atomic E-state index is 0.255. The van der Waals surface area contributed by atoms with Gasteiger partial charge in [-0.15, -0.1) is 12.6 Å². The summed E-state index contributed by atoms with van der Waals surface area (Å²) >= 11 is 6.63. The van der Waals surface area contributed by atoms with Gasteiger partial charge in [0.05, 0.1) is 5.71 Å².